The molecule has 1 N–H and O–H groups in total. The lowest BCUT2D eigenvalue weighted by atomic mass is 9.86. The van der Waals surface area contributed by atoms with E-state index in [1.807, 2.05) is 18.2 Å². The topological polar surface area (TPSA) is 67.8 Å². The van der Waals surface area contributed by atoms with Crippen LogP contribution in [0.15, 0.2) is 70.4 Å². The monoisotopic (exact) mass is 395 g/mol. The molecule has 3 aromatic rings. The fraction of sp³-hybridized carbons (Fsp3) is 0.227. The molecule has 28 heavy (non-hydrogen) atoms. The van der Waals surface area contributed by atoms with Crippen molar-refractivity contribution in [2.24, 2.45) is 0 Å². The van der Waals surface area contributed by atoms with Gasteiger partial charge in [0.25, 0.3) is 11.1 Å². The number of allylic oxidation sites excluding steroid dienone is 1. The van der Waals surface area contributed by atoms with Crippen LogP contribution in [0.2, 0.25) is 5.02 Å². The molecule has 144 valence electrons. The minimum atomic E-state index is -0.355. The number of nitrogens with one attached hydrogen (secondary N) is 1. The van der Waals surface area contributed by atoms with Crippen molar-refractivity contribution in [1.82, 2.24) is 14.8 Å². The molecular weight excluding hydrogens is 374 g/mol. The Morgan fingerprint density at radius 1 is 1.11 bits per heavy atom. The summed E-state index contributed by atoms with van der Waals surface area (Å²) in [5, 5.41) is 4.21. The van der Waals surface area contributed by atoms with Gasteiger partial charge in [-0.15, -0.1) is 0 Å². The molecule has 0 unspecified atom stereocenters. The molecule has 0 aliphatic carbocycles. The summed E-state index contributed by atoms with van der Waals surface area (Å²) in [5.41, 5.74) is 3.06. The van der Waals surface area contributed by atoms with Crippen LogP contribution in [0.1, 0.15) is 37.6 Å². The Balaban J connectivity index is 2.07. The van der Waals surface area contributed by atoms with Crippen molar-refractivity contribution in [3.63, 3.8) is 0 Å². The van der Waals surface area contributed by atoms with Crippen molar-refractivity contribution < 1.29 is 0 Å². The van der Waals surface area contributed by atoms with Gasteiger partial charge in [0, 0.05) is 23.5 Å². The number of aromatic nitrogens is 3. The van der Waals surface area contributed by atoms with Crippen molar-refractivity contribution >= 4 is 17.2 Å². The highest BCUT2D eigenvalue weighted by Crippen LogP contribution is 2.27. The summed E-state index contributed by atoms with van der Waals surface area (Å²) in [7, 11) is 0. The van der Waals surface area contributed by atoms with Gasteiger partial charge in [-0.3, -0.25) is 9.59 Å². The molecule has 0 spiro atoms. The summed E-state index contributed by atoms with van der Waals surface area (Å²) in [5.74, 6) is 0. The lowest BCUT2D eigenvalue weighted by Gasteiger charge is -2.19. The molecule has 0 amide bonds. The number of pyridine rings is 1. The molecule has 0 aliphatic heterocycles. The maximum absolute atomic E-state index is 12.0. The molecule has 0 saturated heterocycles. The molecule has 0 aliphatic rings. The highest BCUT2D eigenvalue weighted by atomic mass is 35.5. The molecular formula is C22H22ClN3O2. The van der Waals surface area contributed by atoms with Crippen LogP contribution in [0, 0.1) is 0 Å². The van der Waals surface area contributed by atoms with E-state index >= 15 is 0 Å². The summed E-state index contributed by atoms with van der Waals surface area (Å²) in [4.78, 5) is 26.8. The van der Waals surface area contributed by atoms with Crippen LogP contribution in [-0.4, -0.2) is 14.8 Å². The Kier molecular flexibility index (Phi) is 5.66. The zero-order valence-electron chi connectivity index (χ0n) is 16.1. The third-order valence-electron chi connectivity index (χ3n) is 4.47. The van der Waals surface area contributed by atoms with E-state index < -0.39 is 0 Å². The zero-order valence-corrected chi connectivity index (χ0v) is 16.8. The van der Waals surface area contributed by atoms with Crippen molar-refractivity contribution in [1.29, 1.82) is 0 Å². The third-order valence-corrected chi connectivity index (χ3v) is 4.76. The number of H-pyrrole nitrogens is 1. The lowest BCUT2D eigenvalue weighted by molar-refractivity contribution is 0.590. The second-order valence-electron chi connectivity index (χ2n) is 7.54. The number of benzene rings is 1. The Morgan fingerprint density at radius 3 is 2.43 bits per heavy atom. The second-order valence-corrected chi connectivity index (χ2v) is 7.95. The van der Waals surface area contributed by atoms with E-state index in [1.165, 1.54) is 16.3 Å². The number of nitrogens with zero attached hydrogens (tertiary/aromatic N) is 2. The van der Waals surface area contributed by atoms with Gasteiger partial charge in [0.05, 0.1) is 6.54 Å². The fourth-order valence-electron chi connectivity index (χ4n) is 2.85. The smallest absolute Gasteiger partial charge is 0.267 e. The van der Waals surface area contributed by atoms with Gasteiger partial charge >= 0.3 is 0 Å². The van der Waals surface area contributed by atoms with E-state index in [0.29, 0.717) is 5.69 Å². The number of rotatable bonds is 4. The SMILES string of the molecule is CC(C)(C)c1ccc(C(=CCn2ncccc2=O)c2ccc(Cl)c(=O)[nH]2)cc1. The lowest BCUT2D eigenvalue weighted by Crippen LogP contribution is -2.20. The van der Waals surface area contributed by atoms with E-state index in [9.17, 15) is 9.59 Å². The minimum absolute atomic E-state index is 0.0399. The number of hydrogen-bond acceptors (Lipinski definition) is 3. The van der Waals surface area contributed by atoms with Crippen LogP contribution in [-0.2, 0) is 12.0 Å². The van der Waals surface area contributed by atoms with Crippen molar-refractivity contribution in [2.75, 3.05) is 0 Å². The number of halogens is 1. The van der Waals surface area contributed by atoms with Crippen molar-refractivity contribution in [3.05, 3.63) is 103 Å². The van der Waals surface area contributed by atoms with E-state index in [4.69, 9.17) is 11.6 Å². The number of aromatic amines is 1. The van der Waals surface area contributed by atoms with Crippen LogP contribution >= 0.6 is 11.6 Å². The minimum Gasteiger partial charge on any atom is -0.321 e. The van der Waals surface area contributed by atoms with E-state index in [1.54, 1.807) is 24.4 Å². The Hall–Kier alpha value is -2.92. The molecule has 2 aromatic heterocycles. The van der Waals surface area contributed by atoms with Crippen LogP contribution in [0.4, 0.5) is 0 Å². The summed E-state index contributed by atoms with van der Waals surface area (Å²) in [6.45, 7) is 6.75. The normalized spacial score (nSPS) is 12.2. The van der Waals surface area contributed by atoms with Gasteiger partial charge in [0.15, 0.2) is 0 Å². The van der Waals surface area contributed by atoms with Gasteiger partial charge in [-0.2, -0.15) is 5.10 Å². The first-order valence-corrected chi connectivity index (χ1v) is 9.36. The van der Waals surface area contributed by atoms with Crippen LogP contribution < -0.4 is 11.1 Å². The zero-order chi connectivity index (χ0) is 20.3. The van der Waals surface area contributed by atoms with Crippen LogP contribution in [0.25, 0.3) is 5.57 Å². The largest absolute Gasteiger partial charge is 0.321 e. The van der Waals surface area contributed by atoms with Crippen molar-refractivity contribution in [3.8, 4) is 0 Å². The molecule has 0 bridgehead atoms. The van der Waals surface area contributed by atoms with E-state index in [0.717, 1.165) is 11.1 Å². The Morgan fingerprint density at radius 2 is 1.82 bits per heavy atom. The molecule has 2 heterocycles. The van der Waals surface area contributed by atoms with Gasteiger partial charge in [-0.05, 0) is 34.7 Å². The van der Waals surface area contributed by atoms with E-state index in [2.05, 4.69) is 43.0 Å². The summed E-state index contributed by atoms with van der Waals surface area (Å²) < 4.78 is 1.36. The first kappa shape index (κ1) is 19.8. The molecule has 0 radical (unpaired) electrons. The summed E-state index contributed by atoms with van der Waals surface area (Å²) >= 11 is 5.88. The predicted molar refractivity (Wildman–Crippen MR) is 113 cm³/mol. The molecule has 0 saturated carbocycles. The highest BCUT2D eigenvalue weighted by molar-refractivity contribution is 6.30. The first-order valence-electron chi connectivity index (χ1n) is 8.98. The Bertz CT molecular complexity index is 1120. The average Bonchev–Trinajstić information content (AvgIpc) is 2.66. The standard InChI is InChI=1S/C22H22ClN3O2/c1-22(2,3)16-8-6-15(7-9-16)17(19-11-10-18(23)21(28)25-19)12-14-26-20(27)5-4-13-24-26/h4-13H,14H2,1-3H3,(H,25,28). The van der Waals surface area contributed by atoms with Crippen LogP contribution in [0.5, 0.6) is 0 Å². The second kappa shape index (κ2) is 7.98. The quantitative estimate of drug-likeness (QED) is 0.725. The van der Waals surface area contributed by atoms with E-state index in [-0.39, 0.29) is 28.1 Å². The van der Waals surface area contributed by atoms with Crippen molar-refractivity contribution in [2.45, 2.75) is 32.7 Å². The molecule has 5 nitrogen and oxygen atoms in total. The van der Waals surface area contributed by atoms with Gasteiger partial charge < -0.3 is 4.98 Å². The maximum Gasteiger partial charge on any atom is 0.267 e. The molecule has 0 atom stereocenters. The predicted octanol–water partition coefficient (Wildman–Crippen LogP) is 4.01. The highest BCUT2D eigenvalue weighted by Gasteiger charge is 2.14. The number of hydrogen-bond donors (Lipinski definition) is 1. The molecule has 3 rings (SSSR count). The molecule has 6 heteroatoms. The molecule has 1 aromatic carbocycles. The van der Waals surface area contributed by atoms with Crippen LogP contribution in [0.3, 0.4) is 0 Å². The molecule has 0 fully saturated rings. The Labute approximate surface area is 168 Å². The first-order chi connectivity index (χ1) is 13.3. The van der Waals surface area contributed by atoms with Gasteiger partial charge in [0.1, 0.15) is 5.02 Å². The fourth-order valence-corrected chi connectivity index (χ4v) is 2.96. The third kappa shape index (κ3) is 4.49. The van der Waals surface area contributed by atoms with Gasteiger partial charge in [-0.25, -0.2) is 4.68 Å². The van der Waals surface area contributed by atoms with Gasteiger partial charge in [-0.1, -0.05) is 62.7 Å². The average molecular weight is 396 g/mol. The van der Waals surface area contributed by atoms with Gasteiger partial charge in [0.2, 0.25) is 0 Å². The summed E-state index contributed by atoms with van der Waals surface area (Å²) in [6.07, 6.45) is 3.44. The summed E-state index contributed by atoms with van der Waals surface area (Å²) in [6, 6.07) is 14.6. The maximum atomic E-state index is 12.0.